The first-order valence-electron chi connectivity index (χ1n) is 7.95. The number of amides is 2. The van der Waals surface area contributed by atoms with E-state index in [0.717, 1.165) is 29.8 Å². The molecule has 3 rings (SSSR count). The Balaban J connectivity index is 1.90. The number of hydrogen-bond donors (Lipinski definition) is 1. The minimum absolute atomic E-state index is 0.0617. The SMILES string of the molecule is COc1ccc2c(c1)CCCN2C(=O)c1cccc(NC(C)=O)c1. The van der Waals surface area contributed by atoms with Crippen molar-refractivity contribution in [3.8, 4) is 5.75 Å². The highest BCUT2D eigenvalue weighted by molar-refractivity contribution is 6.07. The monoisotopic (exact) mass is 324 g/mol. The zero-order chi connectivity index (χ0) is 17.1. The van der Waals surface area contributed by atoms with Gasteiger partial charge in [0.1, 0.15) is 5.75 Å². The summed E-state index contributed by atoms with van der Waals surface area (Å²) in [5, 5.41) is 2.71. The highest BCUT2D eigenvalue weighted by Gasteiger charge is 2.24. The lowest BCUT2D eigenvalue weighted by molar-refractivity contribution is -0.114. The van der Waals surface area contributed by atoms with Crippen LogP contribution < -0.4 is 15.0 Å². The lowest BCUT2D eigenvalue weighted by Crippen LogP contribution is -2.35. The topological polar surface area (TPSA) is 58.6 Å². The summed E-state index contributed by atoms with van der Waals surface area (Å²) in [7, 11) is 1.64. The number of nitrogens with one attached hydrogen (secondary N) is 1. The van der Waals surface area contributed by atoms with Gasteiger partial charge in [-0.25, -0.2) is 0 Å². The molecule has 0 spiro atoms. The Labute approximate surface area is 141 Å². The molecular weight excluding hydrogens is 304 g/mol. The van der Waals surface area contributed by atoms with E-state index in [1.807, 2.05) is 18.2 Å². The van der Waals surface area contributed by atoms with Gasteiger partial charge in [0.2, 0.25) is 5.91 Å². The standard InChI is InChI=1S/C19H20N2O3/c1-13(22)20-16-7-3-5-15(11-16)19(23)21-10-4-6-14-12-17(24-2)8-9-18(14)21/h3,5,7-9,11-12H,4,6,10H2,1-2H3,(H,20,22). The zero-order valence-electron chi connectivity index (χ0n) is 13.8. The van der Waals surface area contributed by atoms with Crippen molar-refractivity contribution in [1.29, 1.82) is 0 Å². The number of nitrogens with zero attached hydrogens (tertiary/aromatic N) is 1. The number of ether oxygens (including phenoxy) is 1. The molecule has 0 saturated carbocycles. The summed E-state index contributed by atoms with van der Waals surface area (Å²) in [5.74, 6) is 0.582. The fourth-order valence-corrected chi connectivity index (χ4v) is 3.00. The predicted octanol–water partition coefficient (Wildman–Crippen LogP) is 3.25. The van der Waals surface area contributed by atoms with Gasteiger partial charge in [-0.3, -0.25) is 9.59 Å². The first-order valence-corrected chi connectivity index (χ1v) is 7.95. The Morgan fingerprint density at radius 1 is 1.17 bits per heavy atom. The number of hydrogen-bond acceptors (Lipinski definition) is 3. The summed E-state index contributed by atoms with van der Waals surface area (Å²) in [6.45, 7) is 2.13. The quantitative estimate of drug-likeness (QED) is 0.943. The molecule has 1 aliphatic heterocycles. The molecule has 2 amide bonds. The Kier molecular flexibility index (Phi) is 4.51. The lowest BCUT2D eigenvalue weighted by Gasteiger charge is -2.30. The molecule has 0 bridgehead atoms. The maximum absolute atomic E-state index is 12.9. The van der Waals surface area contributed by atoms with E-state index in [1.54, 1.807) is 36.3 Å². The van der Waals surface area contributed by atoms with Crippen molar-refractivity contribution in [2.45, 2.75) is 19.8 Å². The van der Waals surface area contributed by atoms with Crippen molar-refractivity contribution in [1.82, 2.24) is 0 Å². The van der Waals surface area contributed by atoms with Crippen molar-refractivity contribution in [3.05, 3.63) is 53.6 Å². The number of carbonyl (C=O) groups is 2. The molecule has 0 radical (unpaired) electrons. The normalized spacial score (nSPS) is 13.2. The Hall–Kier alpha value is -2.82. The first kappa shape index (κ1) is 16.1. The molecule has 0 aromatic heterocycles. The van der Waals surface area contributed by atoms with Crippen LogP contribution in [0, 0.1) is 0 Å². The fraction of sp³-hybridized carbons (Fsp3) is 0.263. The molecule has 0 saturated heterocycles. The van der Waals surface area contributed by atoms with Crippen LogP contribution >= 0.6 is 0 Å². The van der Waals surface area contributed by atoms with Gasteiger partial charge >= 0.3 is 0 Å². The minimum Gasteiger partial charge on any atom is -0.497 e. The molecule has 0 unspecified atom stereocenters. The molecule has 5 nitrogen and oxygen atoms in total. The number of methoxy groups -OCH3 is 1. The van der Waals surface area contributed by atoms with Gasteiger partial charge in [0.15, 0.2) is 0 Å². The smallest absolute Gasteiger partial charge is 0.258 e. The van der Waals surface area contributed by atoms with E-state index < -0.39 is 0 Å². The maximum atomic E-state index is 12.9. The van der Waals surface area contributed by atoms with Crippen molar-refractivity contribution in [2.75, 3.05) is 23.9 Å². The number of rotatable bonds is 3. The molecule has 24 heavy (non-hydrogen) atoms. The average Bonchev–Trinajstić information content (AvgIpc) is 2.59. The minimum atomic E-state index is -0.157. The summed E-state index contributed by atoms with van der Waals surface area (Å²) in [6, 6.07) is 12.8. The predicted molar refractivity (Wildman–Crippen MR) is 93.7 cm³/mol. The van der Waals surface area contributed by atoms with E-state index in [2.05, 4.69) is 5.32 Å². The largest absolute Gasteiger partial charge is 0.497 e. The number of aryl methyl sites for hydroxylation is 1. The van der Waals surface area contributed by atoms with E-state index in [9.17, 15) is 9.59 Å². The fourth-order valence-electron chi connectivity index (χ4n) is 3.00. The molecule has 0 fully saturated rings. The highest BCUT2D eigenvalue weighted by atomic mass is 16.5. The van der Waals surface area contributed by atoms with E-state index in [-0.39, 0.29) is 11.8 Å². The van der Waals surface area contributed by atoms with Gasteiger partial charge in [0, 0.05) is 30.4 Å². The second-order valence-electron chi connectivity index (χ2n) is 5.82. The van der Waals surface area contributed by atoms with Crippen LogP contribution in [-0.2, 0) is 11.2 Å². The van der Waals surface area contributed by atoms with Gasteiger partial charge in [0.25, 0.3) is 5.91 Å². The summed E-state index contributed by atoms with van der Waals surface area (Å²) < 4.78 is 5.27. The van der Waals surface area contributed by atoms with Gasteiger partial charge in [-0.1, -0.05) is 6.07 Å². The van der Waals surface area contributed by atoms with E-state index in [1.165, 1.54) is 6.92 Å². The van der Waals surface area contributed by atoms with Gasteiger partial charge in [0.05, 0.1) is 7.11 Å². The van der Waals surface area contributed by atoms with Gasteiger partial charge < -0.3 is 15.0 Å². The molecule has 1 N–H and O–H groups in total. The zero-order valence-corrected chi connectivity index (χ0v) is 13.8. The number of anilines is 2. The molecule has 1 aliphatic rings. The van der Waals surface area contributed by atoms with Crippen LogP contribution in [0.3, 0.4) is 0 Å². The van der Waals surface area contributed by atoms with Gasteiger partial charge in [-0.2, -0.15) is 0 Å². The van der Waals surface area contributed by atoms with Crippen LogP contribution in [0.4, 0.5) is 11.4 Å². The summed E-state index contributed by atoms with van der Waals surface area (Å²) in [4.78, 5) is 25.9. The summed E-state index contributed by atoms with van der Waals surface area (Å²) in [6.07, 6.45) is 1.85. The van der Waals surface area contributed by atoms with Crippen LogP contribution in [0.2, 0.25) is 0 Å². The molecule has 0 atom stereocenters. The van der Waals surface area contributed by atoms with Crippen LogP contribution in [0.5, 0.6) is 5.75 Å². The van der Waals surface area contributed by atoms with Gasteiger partial charge in [-0.05, 0) is 54.8 Å². The van der Waals surface area contributed by atoms with Gasteiger partial charge in [-0.15, -0.1) is 0 Å². The Morgan fingerprint density at radius 3 is 2.75 bits per heavy atom. The molecule has 2 aromatic rings. The lowest BCUT2D eigenvalue weighted by atomic mass is 10.00. The maximum Gasteiger partial charge on any atom is 0.258 e. The number of fused-ring (bicyclic) bond motifs is 1. The van der Waals surface area contributed by atoms with E-state index >= 15 is 0 Å². The van der Waals surface area contributed by atoms with E-state index in [0.29, 0.717) is 17.8 Å². The average molecular weight is 324 g/mol. The molecule has 124 valence electrons. The van der Waals surface area contributed by atoms with Crippen molar-refractivity contribution >= 4 is 23.2 Å². The van der Waals surface area contributed by atoms with Crippen molar-refractivity contribution < 1.29 is 14.3 Å². The van der Waals surface area contributed by atoms with Crippen molar-refractivity contribution in [3.63, 3.8) is 0 Å². The Bertz CT molecular complexity index is 786. The molecular formula is C19H20N2O3. The van der Waals surface area contributed by atoms with Crippen LogP contribution in [0.1, 0.15) is 29.3 Å². The summed E-state index contributed by atoms with van der Waals surface area (Å²) in [5.41, 5.74) is 3.23. The van der Waals surface area contributed by atoms with Crippen LogP contribution in [0.25, 0.3) is 0 Å². The second-order valence-corrected chi connectivity index (χ2v) is 5.82. The van der Waals surface area contributed by atoms with Crippen LogP contribution in [-0.4, -0.2) is 25.5 Å². The third kappa shape index (κ3) is 3.25. The van der Waals surface area contributed by atoms with Crippen LogP contribution in [0.15, 0.2) is 42.5 Å². The molecule has 0 aliphatic carbocycles. The molecule has 5 heteroatoms. The summed E-state index contributed by atoms with van der Waals surface area (Å²) >= 11 is 0. The number of carbonyl (C=O) groups excluding carboxylic acids is 2. The molecule has 1 heterocycles. The molecule has 2 aromatic carbocycles. The first-order chi connectivity index (χ1) is 11.6. The second kappa shape index (κ2) is 6.74. The number of benzene rings is 2. The van der Waals surface area contributed by atoms with E-state index in [4.69, 9.17) is 4.74 Å². The van der Waals surface area contributed by atoms with Crippen molar-refractivity contribution in [2.24, 2.45) is 0 Å². The highest BCUT2D eigenvalue weighted by Crippen LogP contribution is 2.31. The third-order valence-electron chi connectivity index (χ3n) is 4.08. The Morgan fingerprint density at radius 2 is 2.00 bits per heavy atom. The third-order valence-corrected chi connectivity index (χ3v) is 4.08.